The van der Waals surface area contributed by atoms with Crippen molar-refractivity contribution in [1.82, 2.24) is 24.1 Å². The number of carbonyl (C=O) groups is 1. The van der Waals surface area contributed by atoms with E-state index in [4.69, 9.17) is 4.74 Å². The van der Waals surface area contributed by atoms with Crippen molar-refractivity contribution in [2.45, 2.75) is 13.5 Å². The number of fused-ring (bicyclic) bond motifs is 1. The van der Waals surface area contributed by atoms with E-state index in [0.29, 0.717) is 22.3 Å². The molecule has 4 rings (SSSR count). The number of thiazole rings is 1. The number of benzene rings is 1. The van der Waals surface area contributed by atoms with Crippen molar-refractivity contribution in [3.8, 4) is 17.0 Å². The van der Waals surface area contributed by atoms with Crippen molar-refractivity contribution < 1.29 is 9.53 Å². The number of amides is 1. The summed E-state index contributed by atoms with van der Waals surface area (Å²) in [6.07, 6.45) is 1.59. The molecule has 0 aliphatic carbocycles. The molecule has 0 atom stereocenters. The van der Waals surface area contributed by atoms with Gasteiger partial charge in [-0.2, -0.15) is 0 Å². The van der Waals surface area contributed by atoms with E-state index in [1.54, 1.807) is 31.7 Å². The molecule has 1 aromatic carbocycles. The Hall–Kier alpha value is -3.53. The number of aryl methyl sites for hydroxylation is 1. The van der Waals surface area contributed by atoms with Crippen molar-refractivity contribution in [3.05, 3.63) is 58.2 Å². The molecule has 3 heterocycles. The van der Waals surface area contributed by atoms with Gasteiger partial charge in [0.05, 0.1) is 12.8 Å². The number of anilines is 1. The maximum absolute atomic E-state index is 12.6. The van der Waals surface area contributed by atoms with Gasteiger partial charge in [0.25, 0.3) is 0 Å². The standard InChI is InChI=1S/C18H16N6O3S/c1-11-20-14(12-3-5-13(27-2)6-4-12)9-15-22-23(18(26)24(11)15)10-16(25)21-17-19-7-8-28-17/h3-9H,10H2,1-2H3,(H,19,21,25). The summed E-state index contributed by atoms with van der Waals surface area (Å²) in [7, 11) is 1.60. The number of hydrogen-bond donors (Lipinski definition) is 1. The first-order chi connectivity index (χ1) is 13.5. The fraction of sp³-hybridized carbons (Fsp3) is 0.167. The topological polar surface area (TPSA) is 103 Å². The van der Waals surface area contributed by atoms with Crippen molar-refractivity contribution in [2.24, 2.45) is 0 Å². The fourth-order valence-corrected chi connectivity index (χ4v) is 3.34. The average Bonchev–Trinajstić information content (AvgIpc) is 3.30. The predicted molar refractivity (Wildman–Crippen MR) is 105 cm³/mol. The highest BCUT2D eigenvalue weighted by molar-refractivity contribution is 7.13. The third-order valence-corrected chi connectivity index (χ3v) is 4.78. The Morgan fingerprint density at radius 3 is 2.75 bits per heavy atom. The summed E-state index contributed by atoms with van der Waals surface area (Å²) in [4.78, 5) is 33.3. The Kier molecular flexibility index (Phi) is 4.62. The fourth-order valence-electron chi connectivity index (χ4n) is 2.79. The number of rotatable bonds is 5. The molecule has 142 valence electrons. The highest BCUT2D eigenvalue weighted by Crippen LogP contribution is 2.21. The molecule has 0 aliphatic heterocycles. The van der Waals surface area contributed by atoms with Crippen LogP contribution in [0.25, 0.3) is 16.9 Å². The smallest absolute Gasteiger partial charge is 0.352 e. The van der Waals surface area contributed by atoms with Gasteiger partial charge in [-0.05, 0) is 31.2 Å². The zero-order chi connectivity index (χ0) is 19.7. The van der Waals surface area contributed by atoms with Gasteiger partial charge < -0.3 is 10.1 Å². The van der Waals surface area contributed by atoms with Crippen LogP contribution < -0.4 is 15.7 Å². The van der Waals surface area contributed by atoms with E-state index in [9.17, 15) is 9.59 Å². The van der Waals surface area contributed by atoms with Gasteiger partial charge in [0.1, 0.15) is 18.1 Å². The third kappa shape index (κ3) is 3.37. The molecule has 0 saturated heterocycles. The maximum atomic E-state index is 12.6. The molecular formula is C18H16N6O3S. The molecule has 0 aliphatic rings. The molecule has 9 nitrogen and oxygen atoms in total. The number of nitrogens with one attached hydrogen (secondary N) is 1. The van der Waals surface area contributed by atoms with Gasteiger partial charge in [0.2, 0.25) is 5.91 Å². The molecule has 3 aromatic heterocycles. The van der Waals surface area contributed by atoms with Crippen molar-refractivity contribution >= 4 is 28.0 Å². The van der Waals surface area contributed by atoms with Crippen LogP contribution >= 0.6 is 11.3 Å². The maximum Gasteiger partial charge on any atom is 0.352 e. The summed E-state index contributed by atoms with van der Waals surface area (Å²) in [6, 6.07) is 9.15. The van der Waals surface area contributed by atoms with E-state index in [1.807, 2.05) is 24.3 Å². The number of methoxy groups -OCH3 is 1. The number of ether oxygens (including phenoxy) is 1. The second-order valence-electron chi connectivity index (χ2n) is 5.94. The summed E-state index contributed by atoms with van der Waals surface area (Å²) >= 11 is 1.30. The summed E-state index contributed by atoms with van der Waals surface area (Å²) in [5.74, 6) is 0.856. The molecule has 28 heavy (non-hydrogen) atoms. The van der Waals surface area contributed by atoms with Gasteiger partial charge in [0.15, 0.2) is 10.8 Å². The lowest BCUT2D eigenvalue weighted by Gasteiger charge is -2.05. The first kappa shape index (κ1) is 17.9. The van der Waals surface area contributed by atoms with E-state index >= 15 is 0 Å². The van der Waals surface area contributed by atoms with Crippen LogP contribution in [0.15, 0.2) is 46.7 Å². The number of aromatic nitrogens is 5. The van der Waals surface area contributed by atoms with Crippen LogP contribution in [-0.2, 0) is 11.3 Å². The Labute approximate surface area is 163 Å². The largest absolute Gasteiger partial charge is 0.497 e. The lowest BCUT2D eigenvalue weighted by atomic mass is 10.1. The number of carbonyl (C=O) groups excluding carboxylic acids is 1. The zero-order valence-corrected chi connectivity index (χ0v) is 15.9. The Bertz CT molecular complexity index is 1190. The van der Waals surface area contributed by atoms with Crippen LogP contribution in [0.5, 0.6) is 5.75 Å². The molecule has 0 bridgehead atoms. The van der Waals surface area contributed by atoms with E-state index in [1.165, 1.54) is 15.7 Å². The van der Waals surface area contributed by atoms with Gasteiger partial charge in [-0.3, -0.25) is 4.79 Å². The molecule has 0 unspecified atom stereocenters. The summed E-state index contributed by atoms with van der Waals surface area (Å²) < 4.78 is 7.66. The minimum atomic E-state index is -0.421. The van der Waals surface area contributed by atoms with E-state index in [-0.39, 0.29) is 12.5 Å². The first-order valence-corrected chi connectivity index (χ1v) is 9.24. The molecule has 0 saturated carbocycles. The molecule has 4 aromatic rings. The molecule has 1 N–H and O–H groups in total. The van der Waals surface area contributed by atoms with Crippen LogP contribution in [0.1, 0.15) is 5.82 Å². The average molecular weight is 396 g/mol. The summed E-state index contributed by atoms with van der Waals surface area (Å²) in [6.45, 7) is 1.51. The minimum absolute atomic E-state index is 0.211. The van der Waals surface area contributed by atoms with Gasteiger partial charge in [-0.25, -0.2) is 23.8 Å². The number of hydrogen-bond acceptors (Lipinski definition) is 7. The normalized spacial score (nSPS) is 10.9. The second kappa shape index (κ2) is 7.24. The van der Waals surface area contributed by atoms with Crippen molar-refractivity contribution in [1.29, 1.82) is 0 Å². The van der Waals surface area contributed by atoms with Crippen LogP contribution in [0.2, 0.25) is 0 Å². The molecule has 10 heteroatoms. The van der Waals surface area contributed by atoms with E-state index in [2.05, 4.69) is 20.4 Å². The highest BCUT2D eigenvalue weighted by atomic mass is 32.1. The lowest BCUT2D eigenvalue weighted by molar-refractivity contribution is -0.117. The van der Waals surface area contributed by atoms with Gasteiger partial charge in [-0.1, -0.05) is 0 Å². The Balaban J connectivity index is 1.66. The summed E-state index contributed by atoms with van der Waals surface area (Å²) in [5.41, 5.74) is 1.55. The summed E-state index contributed by atoms with van der Waals surface area (Å²) in [5, 5.41) is 9.15. The molecule has 0 spiro atoms. The van der Waals surface area contributed by atoms with Gasteiger partial charge in [-0.15, -0.1) is 16.4 Å². The quantitative estimate of drug-likeness (QED) is 0.553. The Morgan fingerprint density at radius 1 is 1.29 bits per heavy atom. The first-order valence-electron chi connectivity index (χ1n) is 8.36. The lowest BCUT2D eigenvalue weighted by Crippen LogP contribution is -2.28. The predicted octanol–water partition coefficient (Wildman–Crippen LogP) is 1.97. The second-order valence-corrected chi connectivity index (χ2v) is 6.83. The highest BCUT2D eigenvalue weighted by Gasteiger charge is 2.15. The molecule has 0 radical (unpaired) electrons. The molecule has 0 fully saturated rings. The van der Waals surface area contributed by atoms with Crippen LogP contribution in [0, 0.1) is 6.92 Å². The Morgan fingerprint density at radius 2 is 2.07 bits per heavy atom. The van der Waals surface area contributed by atoms with E-state index < -0.39 is 5.69 Å². The van der Waals surface area contributed by atoms with Crippen molar-refractivity contribution in [3.63, 3.8) is 0 Å². The van der Waals surface area contributed by atoms with E-state index in [0.717, 1.165) is 16.0 Å². The van der Waals surface area contributed by atoms with Crippen LogP contribution in [0.3, 0.4) is 0 Å². The third-order valence-electron chi connectivity index (χ3n) is 4.09. The van der Waals surface area contributed by atoms with Gasteiger partial charge >= 0.3 is 5.69 Å². The minimum Gasteiger partial charge on any atom is -0.497 e. The zero-order valence-electron chi connectivity index (χ0n) is 15.1. The molecular weight excluding hydrogens is 380 g/mol. The van der Waals surface area contributed by atoms with Crippen LogP contribution in [0.4, 0.5) is 5.13 Å². The van der Waals surface area contributed by atoms with Crippen LogP contribution in [-0.4, -0.2) is 37.2 Å². The van der Waals surface area contributed by atoms with Gasteiger partial charge in [0, 0.05) is 23.2 Å². The molecule has 1 amide bonds. The van der Waals surface area contributed by atoms with Crippen molar-refractivity contribution in [2.75, 3.05) is 12.4 Å². The SMILES string of the molecule is COc1ccc(-c2cc3nn(CC(=O)Nc4nccs4)c(=O)n3c(C)n2)cc1. The monoisotopic (exact) mass is 396 g/mol. The number of nitrogens with zero attached hydrogens (tertiary/aromatic N) is 5.